The number of hydrogen-bond donors (Lipinski definition) is 0. The standard InChI is InChI=1S/C27H44O2/c1-3-4-9-22(12-8-21-29-27-19-17-26(28-2)18-20-27)24-13-15-25(16-14-24)23-10-6-5-7-11-23/h5-7,10-11,22,24-27H,3-4,8-9,12-21H2,1-2H3. The molecule has 0 spiro atoms. The Hall–Kier alpha value is -0.860. The van der Waals surface area contributed by atoms with Gasteiger partial charge >= 0.3 is 0 Å². The third-order valence-electron chi connectivity index (χ3n) is 7.67. The van der Waals surface area contributed by atoms with Gasteiger partial charge in [-0.05, 0) is 87.5 Å². The predicted octanol–water partition coefficient (Wildman–Crippen LogP) is 7.52. The normalized spacial score (nSPS) is 28.9. The maximum Gasteiger partial charge on any atom is 0.0577 e. The molecule has 0 amide bonds. The van der Waals surface area contributed by atoms with Gasteiger partial charge in [-0.3, -0.25) is 0 Å². The van der Waals surface area contributed by atoms with Crippen LogP contribution in [0.15, 0.2) is 30.3 Å². The second-order valence-corrected chi connectivity index (χ2v) is 9.57. The summed E-state index contributed by atoms with van der Waals surface area (Å²) < 4.78 is 11.7. The van der Waals surface area contributed by atoms with E-state index >= 15 is 0 Å². The highest BCUT2D eigenvalue weighted by atomic mass is 16.5. The molecule has 0 aliphatic heterocycles. The van der Waals surface area contributed by atoms with Crippen molar-refractivity contribution in [1.82, 2.24) is 0 Å². The number of methoxy groups -OCH3 is 1. The van der Waals surface area contributed by atoms with Crippen molar-refractivity contribution in [2.75, 3.05) is 13.7 Å². The number of benzene rings is 1. The molecular formula is C27H44O2. The summed E-state index contributed by atoms with van der Waals surface area (Å²) in [6.45, 7) is 3.30. The lowest BCUT2D eigenvalue weighted by atomic mass is 9.71. The Labute approximate surface area is 179 Å². The molecule has 1 unspecified atom stereocenters. The molecule has 3 rings (SSSR count). The molecule has 2 saturated carbocycles. The van der Waals surface area contributed by atoms with Crippen molar-refractivity contribution < 1.29 is 9.47 Å². The van der Waals surface area contributed by atoms with Gasteiger partial charge in [0, 0.05) is 13.7 Å². The lowest BCUT2D eigenvalue weighted by molar-refractivity contribution is -0.0187. The van der Waals surface area contributed by atoms with Gasteiger partial charge in [0.15, 0.2) is 0 Å². The molecule has 0 radical (unpaired) electrons. The van der Waals surface area contributed by atoms with E-state index in [9.17, 15) is 0 Å². The largest absolute Gasteiger partial charge is 0.381 e. The fraction of sp³-hybridized carbons (Fsp3) is 0.778. The van der Waals surface area contributed by atoms with E-state index in [0.29, 0.717) is 12.2 Å². The molecule has 1 aromatic carbocycles. The third-order valence-corrected chi connectivity index (χ3v) is 7.67. The molecule has 2 fully saturated rings. The molecule has 2 aliphatic rings. The maximum atomic E-state index is 6.24. The van der Waals surface area contributed by atoms with Crippen molar-refractivity contribution >= 4 is 0 Å². The number of ether oxygens (including phenoxy) is 2. The minimum Gasteiger partial charge on any atom is -0.381 e. The highest BCUT2D eigenvalue weighted by Gasteiger charge is 2.28. The molecular weight excluding hydrogens is 356 g/mol. The van der Waals surface area contributed by atoms with Gasteiger partial charge in [-0.25, -0.2) is 0 Å². The minimum absolute atomic E-state index is 0.472. The van der Waals surface area contributed by atoms with Crippen LogP contribution in [0.1, 0.15) is 102 Å². The summed E-state index contributed by atoms with van der Waals surface area (Å²) in [6.07, 6.45) is 18.1. The molecule has 1 aromatic rings. The number of rotatable bonds is 11. The Balaban J connectivity index is 1.38. The van der Waals surface area contributed by atoms with Crippen molar-refractivity contribution in [1.29, 1.82) is 0 Å². The van der Waals surface area contributed by atoms with Crippen LogP contribution < -0.4 is 0 Å². The zero-order valence-corrected chi connectivity index (χ0v) is 19.0. The zero-order valence-electron chi connectivity index (χ0n) is 19.0. The van der Waals surface area contributed by atoms with Gasteiger partial charge in [-0.15, -0.1) is 0 Å². The Morgan fingerprint density at radius 2 is 1.48 bits per heavy atom. The lowest BCUT2D eigenvalue weighted by Gasteiger charge is -2.34. The van der Waals surface area contributed by atoms with Crippen LogP contribution in [0, 0.1) is 11.8 Å². The first kappa shape index (κ1) is 22.8. The van der Waals surface area contributed by atoms with Gasteiger partial charge in [0.25, 0.3) is 0 Å². The van der Waals surface area contributed by atoms with Gasteiger partial charge < -0.3 is 9.47 Å². The predicted molar refractivity (Wildman–Crippen MR) is 122 cm³/mol. The van der Waals surface area contributed by atoms with Crippen molar-refractivity contribution in [3.05, 3.63) is 35.9 Å². The Morgan fingerprint density at radius 3 is 2.14 bits per heavy atom. The highest BCUT2D eigenvalue weighted by Crippen LogP contribution is 2.41. The second-order valence-electron chi connectivity index (χ2n) is 9.57. The first-order valence-corrected chi connectivity index (χ1v) is 12.5. The quantitative estimate of drug-likeness (QED) is 0.358. The molecule has 0 N–H and O–H groups in total. The van der Waals surface area contributed by atoms with Crippen molar-refractivity contribution in [3.8, 4) is 0 Å². The van der Waals surface area contributed by atoms with Crippen molar-refractivity contribution in [2.24, 2.45) is 11.8 Å². The van der Waals surface area contributed by atoms with E-state index < -0.39 is 0 Å². The summed E-state index contributed by atoms with van der Waals surface area (Å²) in [4.78, 5) is 0. The highest BCUT2D eigenvalue weighted by molar-refractivity contribution is 5.19. The molecule has 0 heterocycles. The van der Waals surface area contributed by atoms with Crippen LogP contribution in [0.5, 0.6) is 0 Å². The van der Waals surface area contributed by atoms with Gasteiger partial charge in [0.1, 0.15) is 0 Å². The fourth-order valence-electron chi connectivity index (χ4n) is 5.76. The summed E-state index contributed by atoms with van der Waals surface area (Å²) in [7, 11) is 1.84. The van der Waals surface area contributed by atoms with Crippen molar-refractivity contribution in [2.45, 2.75) is 109 Å². The summed E-state index contributed by atoms with van der Waals surface area (Å²) in [5, 5.41) is 0. The second kappa shape index (κ2) is 12.7. The van der Waals surface area contributed by atoms with Gasteiger partial charge in [-0.2, -0.15) is 0 Å². The molecule has 29 heavy (non-hydrogen) atoms. The SMILES string of the molecule is CCCCC(CCCOC1CCC(OC)CC1)C1CCC(c2ccccc2)CC1. The summed E-state index contributed by atoms with van der Waals surface area (Å²) in [5.41, 5.74) is 1.56. The Morgan fingerprint density at radius 1 is 0.828 bits per heavy atom. The van der Waals surface area contributed by atoms with Crippen LogP contribution in [0.2, 0.25) is 0 Å². The van der Waals surface area contributed by atoms with Crippen molar-refractivity contribution in [3.63, 3.8) is 0 Å². The minimum atomic E-state index is 0.472. The van der Waals surface area contributed by atoms with Gasteiger partial charge in [0.2, 0.25) is 0 Å². The van der Waals surface area contributed by atoms with E-state index in [0.717, 1.165) is 24.4 Å². The first-order valence-electron chi connectivity index (χ1n) is 12.5. The molecule has 0 bridgehead atoms. The van der Waals surface area contributed by atoms with Crippen LogP contribution in [0.4, 0.5) is 0 Å². The monoisotopic (exact) mass is 400 g/mol. The smallest absolute Gasteiger partial charge is 0.0577 e. The summed E-state index contributed by atoms with van der Waals surface area (Å²) in [6, 6.07) is 11.2. The van der Waals surface area contributed by atoms with Crippen LogP contribution in [-0.2, 0) is 9.47 Å². The molecule has 164 valence electrons. The average Bonchev–Trinajstić information content (AvgIpc) is 2.80. The summed E-state index contributed by atoms with van der Waals surface area (Å²) >= 11 is 0. The fourth-order valence-corrected chi connectivity index (χ4v) is 5.76. The van der Waals surface area contributed by atoms with E-state index in [4.69, 9.17) is 9.47 Å². The third kappa shape index (κ3) is 7.40. The van der Waals surface area contributed by atoms with E-state index in [1.165, 1.54) is 83.5 Å². The topological polar surface area (TPSA) is 18.5 Å². The van der Waals surface area contributed by atoms with Gasteiger partial charge in [0.05, 0.1) is 12.2 Å². The molecule has 2 nitrogen and oxygen atoms in total. The van der Waals surface area contributed by atoms with Crippen LogP contribution in [0.3, 0.4) is 0 Å². The Kier molecular flexibility index (Phi) is 10.0. The van der Waals surface area contributed by atoms with Crippen LogP contribution >= 0.6 is 0 Å². The first-order chi connectivity index (χ1) is 14.3. The number of hydrogen-bond acceptors (Lipinski definition) is 2. The average molecular weight is 401 g/mol. The summed E-state index contributed by atoms with van der Waals surface area (Å²) in [5.74, 6) is 2.66. The van der Waals surface area contributed by atoms with E-state index in [-0.39, 0.29) is 0 Å². The van der Waals surface area contributed by atoms with E-state index in [2.05, 4.69) is 37.3 Å². The lowest BCUT2D eigenvalue weighted by Crippen LogP contribution is -2.26. The molecule has 2 heteroatoms. The van der Waals surface area contributed by atoms with E-state index in [1.807, 2.05) is 7.11 Å². The zero-order chi connectivity index (χ0) is 20.3. The Bertz CT molecular complexity index is 527. The molecule has 0 aromatic heterocycles. The molecule has 2 aliphatic carbocycles. The number of unbranched alkanes of at least 4 members (excludes halogenated alkanes) is 1. The molecule has 0 saturated heterocycles. The maximum absolute atomic E-state index is 6.24. The van der Waals surface area contributed by atoms with E-state index in [1.54, 1.807) is 5.56 Å². The van der Waals surface area contributed by atoms with Crippen LogP contribution in [-0.4, -0.2) is 25.9 Å². The van der Waals surface area contributed by atoms with Gasteiger partial charge in [-0.1, -0.05) is 56.5 Å². The molecule has 1 atom stereocenters. The van der Waals surface area contributed by atoms with Crippen LogP contribution in [0.25, 0.3) is 0 Å².